The summed E-state index contributed by atoms with van der Waals surface area (Å²) in [7, 11) is 2.38. The fraction of sp³-hybridized carbons (Fsp3) is 0.500. The molecule has 15 heavy (non-hydrogen) atoms. The molecule has 0 bridgehead atoms. The number of aliphatic hydroxyl groups excluding tert-OH is 1. The van der Waals surface area contributed by atoms with Crippen LogP contribution in [0.25, 0.3) is 0 Å². The highest BCUT2D eigenvalue weighted by molar-refractivity contribution is 7.16. The highest BCUT2D eigenvalue weighted by atomic mass is 31.0. The molecule has 1 heterocycles. The van der Waals surface area contributed by atoms with Gasteiger partial charge in [-0.1, -0.05) is 0 Å². The topological polar surface area (TPSA) is 90.4 Å². The fourth-order valence-corrected chi connectivity index (χ4v) is 1.37. The number of aromatic nitrogens is 2. The lowest BCUT2D eigenvalue weighted by Crippen LogP contribution is -2.31. The van der Waals surface area contributed by atoms with Gasteiger partial charge in [0.15, 0.2) is 0 Å². The molecule has 2 atom stereocenters. The van der Waals surface area contributed by atoms with Crippen molar-refractivity contribution in [3.8, 4) is 0 Å². The average Bonchev–Trinajstić information content (AvgIpc) is 2.21. The number of nitrogens with two attached hydrogens (primary N) is 1. The zero-order valence-electron chi connectivity index (χ0n) is 8.17. The summed E-state index contributed by atoms with van der Waals surface area (Å²) in [6, 6.07) is 1.52. The minimum absolute atomic E-state index is 0.148. The van der Waals surface area contributed by atoms with Crippen LogP contribution in [0.4, 0.5) is 5.82 Å². The lowest BCUT2D eigenvalue weighted by atomic mass is 10.3. The number of nitrogens with zero attached hydrogens (tertiary/aromatic N) is 2. The van der Waals surface area contributed by atoms with Crippen molar-refractivity contribution in [1.29, 1.82) is 0 Å². The van der Waals surface area contributed by atoms with E-state index in [1.165, 1.54) is 16.8 Å². The fourth-order valence-electron chi connectivity index (χ4n) is 1.10. The van der Waals surface area contributed by atoms with E-state index in [9.17, 15) is 4.79 Å². The number of anilines is 1. The number of ether oxygens (including phenoxy) is 1. The van der Waals surface area contributed by atoms with Gasteiger partial charge in [-0.05, 0) is 6.07 Å². The molecule has 0 aromatic carbocycles. The van der Waals surface area contributed by atoms with Crippen LogP contribution in [0.5, 0.6) is 0 Å². The van der Waals surface area contributed by atoms with Gasteiger partial charge in [0, 0.05) is 6.20 Å². The maximum atomic E-state index is 11.3. The molecule has 0 saturated heterocycles. The minimum Gasteiger partial charge on any atom is -0.394 e. The largest absolute Gasteiger partial charge is 0.394 e. The van der Waals surface area contributed by atoms with Crippen LogP contribution >= 0.6 is 9.24 Å². The van der Waals surface area contributed by atoms with Gasteiger partial charge in [-0.15, -0.1) is 9.24 Å². The minimum atomic E-state index is -0.444. The van der Waals surface area contributed by atoms with E-state index in [-0.39, 0.29) is 19.0 Å². The summed E-state index contributed by atoms with van der Waals surface area (Å²) >= 11 is 0. The first-order valence-electron chi connectivity index (χ1n) is 4.43. The van der Waals surface area contributed by atoms with Crippen LogP contribution in [-0.2, 0) is 11.3 Å². The molecular formula is C8H14N3O3P. The summed E-state index contributed by atoms with van der Waals surface area (Å²) in [4.78, 5) is 14.9. The number of aliphatic hydroxyl groups is 1. The first-order valence-corrected chi connectivity index (χ1v) is 5.24. The van der Waals surface area contributed by atoms with E-state index in [1.807, 2.05) is 0 Å². The lowest BCUT2D eigenvalue weighted by Gasteiger charge is -2.14. The molecule has 1 rings (SSSR count). The van der Waals surface area contributed by atoms with Crippen LogP contribution < -0.4 is 11.4 Å². The monoisotopic (exact) mass is 231 g/mol. The first-order chi connectivity index (χ1) is 7.17. The molecule has 0 aliphatic heterocycles. The Kier molecular flexibility index (Phi) is 4.68. The summed E-state index contributed by atoms with van der Waals surface area (Å²) in [5.74, 6) is 0.184. The predicted molar refractivity (Wildman–Crippen MR) is 59.4 cm³/mol. The molecule has 7 heteroatoms. The molecule has 1 aromatic rings. The molecule has 0 radical (unpaired) electrons. The van der Waals surface area contributed by atoms with Gasteiger partial charge in [-0.3, -0.25) is 4.57 Å². The molecule has 0 aliphatic carbocycles. The molecule has 0 aliphatic rings. The summed E-state index contributed by atoms with van der Waals surface area (Å²) < 4.78 is 6.52. The molecule has 84 valence electrons. The van der Waals surface area contributed by atoms with Crippen molar-refractivity contribution in [2.24, 2.45) is 0 Å². The Labute approximate surface area is 89.3 Å². The predicted octanol–water partition coefficient (Wildman–Crippen LogP) is -0.964. The highest BCUT2D eigenvalue weighted by Gasteiger charge is 2.09. The lowest BCUT2D eigenvalue weighted by molar-refractivity contribution is 0.0275. The Bertz CT molecular complexity index is 368. The van der Waals surface area contributed by atoms with E-state index in [4.69, 9.17) is 15.6 Å². The second-order valence-electron chi connectivity index (χ2n) is 2.93. The Morgan fingerprint density at radius 1 is 1.73 bits per heavy atom. The van der Waals surface area contributed by atoms with E-state index in [1.54, 1.807) is 0 Å². The molecule has 1 aromatic heterocycles. The van der Waals surface area contributed by atoms with Gasteiger partial charge in [0.1, 0.15) is 5.82 Å². The summed E-state index contributed by atoms with van der Waals surface area (Å²) in [6.45, 7) is 0.113. The van der Waals surface area contributed by atoms with Crippen LogP contribution in [0.1, 0.15) is 0 Å². The average molecular weight is 231 g/mol. The normalized spacial score (nSPS) is 12.7. The molecule has 6 nitrogen and oxygen atoms in total. The maximum absolute atomic E-state index is 11.3. The third-order valence-corrected chi connectivity index (χ3v) is 2.02. The summed E-state index contributed by atoms with van der Waals surface area (Å²) in [5.41, 5.74) is 4.90. The van der Waals surface area contributed by atoms with Gasteiger partial charge in [0.2, 0.25) is 0 Å². The summed E-state index contributed by atoms with van der Waals surface area (Å²) in [5, 5.41) is 8.97. The number of nitrogen functional groups attached to an aromatic ring is 1. The standard InChI is InChI=1S/C8H14N3O3P/c9-7-1-2-11(8(13)10-7)3-6(4-12)14-5-15/h1-2,6,12H,3-5,15H2,(H2,9,10,13)/t6-/m0/s1. The van der Waals surface area contributed by atoms with Crippen molar-refractivity contribution in [3.05, 3.63) is 22.7 Å². The Hall–Kier alpha value is -0.970. The third kappa shape index (κ3) is 3.58. The van der Waals surface area contributed by atoms with Crippen molar-refractivity contribution >= 4 is 15.1 Å². The van der Waals surface area contributed by atoms with Crippen molar-refractivity contribution in [1.82, 2.24) is 9.55 Å². The van der Waals surface area contributed by atoms with Crippen LogP contribution in [0.2, 0.25) is 0 Å². The third-order valence-electron chi connectivity index (χ3n) is 1.83. The Balaban J connectivity index is 2.75. The van der Waals surface area contributed by atoms with Crippen molar-refractivity contribution < 1.29 is 9.84 Å². The Morgan fingerprint density at radius 3 is 3.00 bits per heavy atom. The van der Waals surface area contributed by atoms with Gasteiger partial charge in [0.25, 0.3) is 0 Å². The number of hydrogen-bond donors (Lipinski definition) is 2. The zero-order chi connectivity index (χ0) is 11.3. The quantitative estimate of drug-likeness (QED) is 0.637. The van der Waals surface area contributed by atoms with E-state index in [0.717, 1.165) is 0 Å². The van der Waals surface area contributed by atoms with Gasteiger partial charge in [-0.25, -0.2) is 4.79 Å². The second kappa shape index (κ2) is 5.80. The van der Waals surface area contributed by atoms with E-state index in [0.29, 0.717) is 6.35 Å². The molecular weight excluding hydrogens is 217 g/mol. The van der Waals surface area contributed by atoms with Crippen LogP contribution in [-0.4, -0.2) is 33.7 Å². The van der Waals surface area contributed by atoms with Crippen molar-refractivity contribution in [2.75, 3.05) is 18.7 Å². The summed E-state index contributed by atoms with van der Waals surface area (Å²) in [6.07, 6.45) is 1.52. The zero-order valence-corrected chi connectivity index (χ0v) is 9.32. The van der Waals surface area contributed by atoms with Crippen LogP contribution in [0, 0.1) is 0 Å². The maximum Gasteiger partial charge on any atom is 0.349 e. The molecule has 1 unspecified atom stereocenters. The van der Waals surface area contributed by atoms with Crippen LogP contribution in [0.3, 0.4) is 0 Å². The molecule has 3 N–H and O–H groups in total. The van der Waals surface area contributed by atoms with Crippen molar-refractivity contribution in [3.63, 3.8) is 0 Å². The smallest absolute Gasteiger partial charge is 0.349 e. The molecule has 0 saturated carbocycles. The number of rotatable bonds is 5. The second-order valence-corrected chi connectivity index (χ2v) is 3.26. The van der Waals surface area contributed by atoms with Crippen molar-refractivity contribution in [2.45, 2.75) is 12.6 Å². The van der Waals surface area contributed by atoms with E-state index < -0.39 is 11.8 Å². The van der Waals surface area contributed by atoms with Crippen LogP contribution in [0.15, 0.2) is 17.1 Å². The van der Waals surface area contributed by atoms with Gasteiger partial charge in [-0.2, -0.15) is 4.98 Å². The molecule has 0 spiro atoms. The Morgan fingerprint density at radius 2 is 2.47 bits per heavy atom. The van der Waals surface area contributed by atoms with Gasteiger partial charge >= 0.3 is 5.69 Å². The van der Waals surface area contributed by atoms with Gasteiger partial charge < -0.3 is 15.6 Å². The highest BCUT2D eigenvalue weighted by Crippen LogP contribution is 1.98. The first kappa shape index (κ1) is 12.1. The van der Waals surface area contributed by atoms with Gasteiger partial charge in [0.05, 0.1) is 25.6 Å². The SMILES string of the molecule is Nc1ccn(C[C@@H](CO)OCP)c(=O)n1. The van der Waals surface area contributed by atoms with E-state index >= 15 is 0 Å². The van der Waals surface area contributed by atoms with E-state index in [2.05, 4.69) is 14.2 Å². The molecule has 0 fully saturated rings. The number of hydrogen-bond acceptors (Lipinski definition) is 5. The molecule has 0 amide bonds.